The van der Waals surface area contributed by atoms with E-state index in [0.717, 1.165) is 5.56 Å². The van der Waals surface area contributed by atoms with E-state index in [9.17, 15) is 8.42 Å². The summed E-state index contributed by atoms with van der Waals surface area (Å²) >= 11 is 0. The van der Waals surface area contributed by atoms with E-state index in [1.54, 1.807) is 18.3 Å². The van der Waals surface area contributed by atoms with Crippen molar-refractivity contribution in [2.75, 3.05) is 0 Å². The molecule has 0 saturated carbocycles. The molecule has 5 heteroatoms. The van der Waals surface area contributed by atoms with Crippen LogP contribution in [-0.2, 0) is 21.6 Å². The van der Waals surface area contributed by atoms with Crippen LogP contribution >= 0.6 is 0 Å². The molecule has 0 aliphatic rings. The molecule has 2 rings (SSSR count). The smallest absolute Gasteiger partial charge is 0.238 e. The van der Waals surface area contributed by atoms with Crippen LogP contribution in [0, 0.1) is 18.5 Å². The lowest BCUT2D eigenvalue weighted by molar-refractivity contribution is 0.0517. The molecule has 0 aliphatic heterocycles. The summed E-state index contributed by atoms with van der Waals surface area (Å²) in [7, 11) is -2.30. The van der Waals surface area contributed by atoms with Gasteiger partial charge in [-0.05, 0) is 38.0 Å². The SMILES string of the molecule is Cc1ccc(C)c(COC(C)c2ccc[nH]c2=S(=O)=O)c1. The molecule has 1 atom stereocenters. The lowest BCUT2D eigenvalue weighted by Gasteiger charge is -2.14. The Kier molecular flexibility index (Phi) is 4.98. The number of hydrogen-bond acceptors (Lipinski definition) is 3. The summed E-state index contributed by atoms with van der Waals surface area (Å²) in [5, 5.41) is 0. The van der Waals surface area contributed by atoms with Gasteiger partial charge in [-0.2, -0.15) is 8.42 Å². The fraction of sp³-hybridized carbons (Fsp3) is 0.312. The van der Waals surface area contributed by atoms with Crippen molar-refractivity contribution in [1.82, 2.24) is 4.98 Å². The summed E-state index contributed by atoms with van der Waals surface area (Å²) in [5.74, 6) is 0. The summed E-state index contributed by atoms with van der Waals surface area (Å²) < 4.78 is 28.4. The van der Waals surface area contributed by atoms with Crippen molar-refractivity contribution in [3.8, 4) is 0 Å². The molecular formula is C16H19NO3S. The van der Waals surface area contributed by atoms with Crippen LogP contribution in [0.15, 0.2) is 36.5 Å². The third kappa shape index (κ3) is 3.83. The largest absolute Gasteiger partial charge is 0.369 e. The first-order chi connectivity index (χ1) is 9.99. The Hall–Kier alpha value is -1.85. The number of benzene rings is 1. The summed E-state index contributed by atoms with van der Waals surface area (Å²) in [4.78, 5) is 2.74. The maximum Gasteiger partial charge on any atom is 0.238 e. The van der Waals surface area contributed by atoms with E-state index < -0.39 is 10.3 Å². The minimum atomic E-state index is -2.30. The van der Waals surface area contributed by atoms with Crippen molar-refractivity contribution < 1.29 is 13.2 Å². The van der Waals surface area contributed by atoms with Crippen molar-refractivity contribution in [3.05, 3.63) is 63.4 Å². The van der Waals surface area contributed by atoms with E-state index in [4.69, 9.17) is 4.74 Å². The van der Waals surface area contributed by atoms with Crippen molar-refractivity contribution in [2.24, 2.45) is 0 Å². The predicted octanol–water partition coefficient (Wildman–Crippen LogP) is 3.32. The number of ether oxygens (including phenoxy) is 1. The lowest BCUT2D eigenvalue weighted by Crippen LogP contribution is -2.04. The van der Waals surface area contributed by atoms with Crippen LogP contribution in [-0.4, -0.2) is 13.4 Å². The Bertz CT molecular complexity index is 798. The Morgan fingerprint density at radius 1 is 1.24 bits per heavy atom. The quantitative estimate of drug-likeness (QED) is 0.882. The molecule has 0 amide bonds. The fourth-order valence-electron chi connectivity index (χ4n) is 2.16. The zero-order chi connectivity index (χ0) is 15.4. The Morgan fingerprint density at radius 3 is 2.71 bits per heavy atom. The Labute approximate surface area is 126 Å². The molecule has 2 aromatic rings. The molecule has 1 N–H and O–H groups in total. The van der Waals surface area contributed by atoms with E-state index in [0.29, 0.717) is 12.2 Å². The average molecular weight is 305 g/mol. The molecule has 0 bridgehead atoms. The minimum absolute atomic E-state index is 0.172. The molecule has 0 fully saturated rings. The molecule has 1 heterocycles. The first-order valence-corrected chi connectivity index (χ1v) is 7.84. The number of rotatable bonds is 4. The van der Waals surface area contributed by atoms with E-state index in [1.807, 2.05) is 20.8 Å². The van der Waals surface area contributed by atoms with Gasteiger partial charge in [-0.25, -0.2) is 0 Å². The van der Waals surface area contributed by atoms with Gasteiger partial charge < -0.3 is 9.72 Å². The normalized spacial score (nSPS) is 12.1. The van der Waals surface area contributed by atoms with Gasteiger partial charge >= 0.3 is 0 Å². The average Bonchev–Trinajstić information content (AvgIpc) is 2.47. The third-order valence-corrected chi connectivity index (χ3v) is 4.13. The number of aryl methyl sites for hydroxylation is 2. The van der Waals surface area contributed by atoms with Crippen LogP contribution in [0.5, 0.6) is 0 Å². The molecule has 21 heavy (non-hydrogen) atoms. The van der Waals surface area contributed by atoms with Gasteiger partial charge in [0.1, 0.15) is 0 Å². The maximum atomic E-state index is 11.2. The summed E-state index contributed by atoms with van der Waals surface area (Å²) in [6, 6.07) is 9.74. The highest BCUT2D eigenvalue weighted by atomic mass is 32.2. The molecule has 0 aliphatic carbocycles. The first kappa shape index (κ1) is 15.5. The fourth-order valence-corrected chi connectivity index (χ4v) is 2.75. The minimum Gasteiger partial charge on any atom is -0.369 e. The molecule has 1 aromatic carbocycles. The highest BCUT2D eigenvalue weighted by molar-refractivity contribution is 7.63. The topological polar surface area (TPSA) is 59.2 Å². The highest BCUT2D eigenvalue weighted by Gasteiger charge is 2.10. The number of aromatic amines is 1. The third-order valence-electron chi connectivity index (χ3n) is 3.45. The van der Waals surface area contributed by atoms with Gasteiger partial charge in [0.2, 0.25) is 10.3 Å². The summed E-state index contributed by atoms with van der Waals surface area (Å²) in [6.45, 7) is 6.38. The van der Waals surface area contributed by atoms with E-state index in [2.05, 4.69) is 23.2 Å². The first-order valence-electron chi connectivity index (χ1n) is 6.76. The molecule has 112 valence electrons. The van der Waals surface area contributed by atoms with Crippen LogP contribution in [0.4, 0.5) is 0 Å². The molecule has 0 saturated heterocycles. The van der Waals surface area contributed by atoms with Crippen molar-refractivity contribution >= 4 is 10.3 Å². The van der Waals surface area contributed by atoms with Crippen LogP contribution < -0.4 is 0 Å². The molecule has 1 aromatic heterocycles. The summed E-state index contributed by atoms with van der Waals surface area (Å²) in [6.07, 6.45) is 1.28. The molecule has 1 unspecified atom stereocenters. The van der Waals surface area contributed by atoms with Crippen molar-refractivity contribution in [1.29, 1.82) is 0 Å². The molecular weight excluding hydrogens is 286 g/mol. The second-order valence-electron chi connectivity index (χ2n) is 5.07. The van der Waals surface area contributed by atoms with Gasteiger partial charge in [-0.1, -0.05) is 29.8 Å². The zero-order valence-electron chi connectivity index (χ0n) is 12.4. The van der Waals surface area contributed by atoms with Crippen LogP contribution in [0.2, 0.25) is 0 Å². The molecule has 0 spiro atoms. The van der Waals surface area contributed by atoms with Crippen molar-refractivity contribution in [2.45, 2.75) is 33.5 Å². The summed E-state index contributed by atoms with van der Waals surface area (Å²) in [5.41, 5.74) is 4.10. The Balaban J connectivity index is 2.22. The second-order valence-corrected chi connectivity index (χ2v) is 5.95. The maximum absolute atomic E-state index is 11.2. The number of nitrogens with one attached hydrogen (secondary N) is 1. The Morgan fingerprint density at radius 2 is 2.00 bits per heavy atom. The van der Waals surface area contributed by atoms with E-state index >= 15 is 0 Å². The number of H-pyrrole nitrogens is 1. The standard InChI is InChI=1S/C16H19NO3S/c1-11-6-7-12(2)14(9-11)10-20-13(3)15-5-4-8-17-16(15)21(18)19/h4-9,13,17H,10H2,1-3H3. The highest BCUT2D eigenvalue weighted by Crippen LogP contribution is 2.20. The predicted molar refractivity (Wildman–Crippen MR) is 82.1 cm³/mol. The van der Waals surface area contributed by atoms with Gasteiger partial charge in [0.05, 0.1) is 12.7 Å². The number of pyridine rings is 1. The van der Waals surface area contributed by atoms with E-state index in [-0.39, 0.29) is 10.7 Å². The molecule has 0 radical (unpaired) electrons. The lowest BCUT2D eigenvalue weighted by atomic mass is 10.1. The van der Waals surface area contributed by atoms with Gasteiger partial charge in [0.25, 0.3) is 0 Å². The van der Waals surface area contributed by atoms with Crippen LogP contribution in [0.1, 0.15) is 35.3 Å². The van der Waals surface area contributed by atoms with Crippen LogP contribution in [0.25, 0.3) is 0 Å². The van der Waals surface area contributed by atoms with Crippen molar-refractivity contribution in [3.63, 3.8) is 0 Å². The number of hydrogen-bond donors (Lipinski definition) is 1. The van der Waals surface area contributed by atoms with Gasteiger partial charge in [0.15, 0.2) is 4.64 Å². The van der Waals surface area contributed by atoms with Crippen LogP contribution in [0.3, 0.4) is 0 Å². The zero-order valence-corrected chi connectivity index (χ0v) is 13.2. The van der Waals surface area contributed by atoms with Gasteiger partial charge in [0, 0.05) is 11.8 Å². The molecule has 4 nitrogen and oxygen atoms in total. The van der Waals surface area contributed by atoms with E-state index in [1.165, 1.54) is 11.1 Å². The monoisotopic (exact) mass is 305 g/mol. The van der Waals surface area contributed by atoms with Gasteiger partial charge in [-0.15, -0.1) is 0 Å². The number of aromatic nitrogens is 1. The van der Waals surface area contributed by atoms with Gasteiger partial charge in [-0.3, -0.25) is 0 Å². The second kappa shape index (κ2) is 6.74.